The Labute approximate surface area is 114 Å². The summed E-state index contributed by atoms with van der Waals surface area (Å²) in [5.74, 6) is 5.83. The van der Waals surface area contributed by atoms with Crippen molar-refractivity contribution in [3.8, 4) is 11.8 Å². The minimum absolute atomic E-state index is 0.0683. The molecule has 2 N–H and O–H groups in total. The maximum atomic E-state index is 11.8. The fourth-order valence-corrected chi connectivity index (χ4v) is 2.62. The molecule has 0 aliphatic rings. The molecule has 1 aromatic rings. The maximum Gasteiger partial charge on any atom is 0.233 e. The van der Waals surface area contributed by atoms with Crippen molar-refractivity contribution < 1.29 is 13.5 Å². The summed E-state index contributed by atoms with van der Waals surface area (Å²) in [5, 5.41) is 8.60. The highest BCUT2D eigenvalue weighted by atomic mass is 32.2. The van der Waals surface area contributed by atoms with Gasteiger partial charge in [-0.05, 0) is 24.5 Å². The quantitative estimate of drug-likeness (QED) is 0.796. The zero-order chi connectivity index (χ0) is 14.3. The molecule has 0 atom stereocenters. The molecule has 0 aliphatic carbocycles. The number of nitrogens with zero attached hydrogens (tertiary/aromatic N) is 1. The lowest BCUT2D eigenvalue weighted by Crippen LogP contribution is -2.18. The molecule has 1 rings (SSSR count). The summed E-state index contributed by atoms with van der Waals surface area (Å²) in [7, 11) is -3.38. The Hall–Kier alpha value is -1.58. The molecule has 0 spiro atoms. The number of sulfonamides is 1. The third-order valence-corrected chi connectivity index (χ3v) is 3.59. The van der Waals surface area contributed by atoms with Crippen LogP contribution in [-0.2, 0) is 10.0 Å². The zero-order valence-corrected chi connectivity index (χ0v) is 11.9. The van der Waals surface area contributed by atoms with Crippen LogP contribution in [0.25, 0.3) is 0 Å². The van der Waals surface area contributed by atoms with Crippen molar-refractivity contribution in [2.75, 3.05) is 17.1 Å². The van der Waals surface area contributed by atoms with E-state index in [4.69, 9.17) is 5.11 Å². The molecule has 0 saturated heterocycles. The Bertz CT molecular complexity index is 571. The first-order valence-corrected chi connectivity index (χ1v) is 7.64. The molecule has 0 bridgehead atoms. The molecule has 0 amide bonds. The maximum absolute atomic E-state index is 11.8. The minimum atomic E-state index is -3.38. The normalized spacial score (nSPS) is 10.9. The first kappa shape index (κ1) is 15.5. The van der Waals surface area contributed by atoms with E-state index in [1.165, 1.54) is 12.3 Å². The van der Waals surface area contributed by atoms with E-state index in [1.807, 2.05) is 13.8 Å². The van der Waals surface area contributed by atoms with Gasteiger partial charge in [-0.1, -0.05) is 25.7 Å². The van der Waals surface area contributed by atoms with E-state index in [0.717, 1.165) is 0 Å². The number of hydrogen-bond acceptors (Lipinski definition) is 4. The third-order valence-electron chi connectivity index (χ3n) is 2.30. The number of aliphatic hydroxyl groups is 1. The summed E-state index contributed by atoms with van der Waals surface area (Å²) in [6, 6.07) is 3.18. The molecular weight excluding hydrogens is 264 g/mol. The Morgan fingerprint density at radius 3 is 2.84 bits per heavy atom. The number of rotatable bonds is 5. The summed E-state index contributed by atoms with van der Waals surface area (Å²) >= 11 is 0. The van der Waals surface area contributed by atoms with Gasteiger partial charge in [0.15, 0.2) is 0 Å². The van der Waals surface area contributed by atoms with Crippen molar-refractivity contribution in [2.24, 2.45) is 5.92 Å². The lowest BCUT2D eigenvalue weighted by Gasteiger charge is -2.08. The van der Waals surface area contributed by atoms with E-state index >= 15 is 0 Å². The molecule has 5 nitrogen and oxygen atoms in total. The van der Waals surface area contributed by atoms with Gasteiger partial charge in [0.05, 0.1) is 5.75 Å². The highest BCUT2D eigenvalue weighted by Crippen LogP contribution is 2.10. The summed E-state index contributed by atoms with van der Waals surface area (Å²) in [5.41, 5.74) is 0.602. The van der Waals surface area contributed by atoms with Gasteiger partial charge in [-0.25, -0.2) is 13.4 Å². The van der Waals surface area contributed by atoms with Gasteiger partial charge >= 0.3 is 0 Å². The van der Waals surface area contributed by atoms with E-state index in [0.29, 0.717) is 17.9 Å². The number of nitrogens with one attached hydrogen (secondary N) is 1. The molecule has 0 unspecified atom stereocenters. The molecule has 104 valence electrons. The average Bonchev–Trinajstić information content (AvgIpc) is 2.34. The highest BCUT2D eigenvalue weighted by Gasteiger charge is 2.12. The second-order valence-electron chi connectivity index (χ2n) is 4.49. The van der Waals surface area contributed by atoms with E-state index in [2.05, 4.69) is 21.5 Å². The summed E-state index contributed by atoms with van der Waals surface area (Å²) in [6.07, 6.45) is 2.07. The Balaban J connectivity index is 2.76. The Kier molecular flexibility index (Phi) is 5.80. The van der Waals surface area contributed by atoms with Crippen LogP contribution < -0.4 is 4.72 Å². The molecule has 19 heavy (non-hydrogen) atoms. The predicted molar refractivity (Wildman–Crippen MR) is 75.1 cm³/mol. The molecule has 0 aliphatic heterocycles. The topological polar surface area (TPSA) is 79.3 Å². The van der Waals surface area contributed by atoms with Crippen LogP contribution in [0.2, 0.25) is 0 Å². The SMILES string of the molecule is CC(C)CCS(=O)(=O)Nc1cc(C#CCO)ccn1. The molecule has 0 radical (unpaired) electrons. The van der Waals surface area contributed by atoms with E-state index in [9.17, 15) is 8.42 Å². The number of pyridine rings is 1. The number of hydrogen-bond donors (Lipinski definition) is 2. The van der Waals surface area contributed by atoms with Crippen molar-refractivity contribution >= 4 is 15.8 Å². The van der Waals surface area contributed by atoms with E-state index < -0.39 is 10.0 Å². The second-order valence-corrected chi connectivity index (χ2v) is 6.33. The van der Waals surface area contributed by atoms with Gasteiger partial charge in [-0.2, -0.15) is 0 Å². The van der Waals surface area contributed by atoms with Crippen LogP contribution in [0.4, 0.5) is 5.82 Å². The van der Waals surface area contributed by atoms with Crippen molar-refractivity contribution in [3.63, 3.8) is 0 Å². The number of anilines is 1. The van der Waals surface area contributed by atoms with Crippen LogP contribution in [0.15, 0.2) is 18.3 Å². The predicted octanol–water partition coefficient (Wildman–Crippen LogP) is 1.21. The van der Waals surface area contributed by atoms with Crippen molar-refractivity contribution in [1.29, 1.82) is 0 Å². The third kappa shape index (κ3) is 6.22. The Morgan fingerprint density at radius 1 is 1.47 bits per heavy atom. The molecule has 0 aromatic carbocycles. The van der Waals surface area contributed by atoms with Crippen molar-refractivity contribution in [3.05, 3.63) is 23.9 Å². The fourth-order valence-electron chi connectivity index (χ4n) is 1.31. The standard InChI is InChI=1S/C13H18N2O3S/c1-11(2)6-9-19(17,18)15-13-10-12(4-3-8-16)5-7-14-13/h5,7,10-11,16H,6,8-9H2,1-2H3,(H,14,15). The van der Waals surface area contributed by atoms with Gasteiger partial charge in [-0.15, -0.1) is 0 Å². The molecule has 6 heteroatoms. The molecule has 0 saturated carbocycles. The lowest BCUT2D eigenvalue weighted by molar-refractivity contribution is 0.350. The molecular formula is C13H18N2O3S. The first-order chi connectivity index (χ1) is 8.93. The Morgan fingerprint density at radius 2 is 2.21 bits per heavy atom. The second kappa shape index (κ2) is 7.12. The van der Waals surface area contributed by atoms with Crippen LogP contribution in [0.1, 0.15) is 25.8 Å². The highest BCUT2D eigenvalue weighted by molar-refractivity contribution is 7.92. The van der Waals surface area contributed by atoms with E-state index in [-0.39, 0.29) is 18.2 Å². The van der Waals surface area contributed by atoms with Gasteiger partial charge < -0.3 is 5.11 Å². The zero-order valence-electron chi connectivity index (χ0n) is 11.0. The van der Waals surface area contributed by atoms with Crippen LogP contribution in [0, 0.1) is 17.8 Å². The summed E-state index contributed by atoms with van der Waals surface area (Å²) in [4.78, 5) is 3.94. The van der Waals surface area contributed by atoms with Gasteiger partial charge in [0.2, 0.25) is 10.0 Å². The first-order valence-electron chi connectivity index (χ1n) is 5.99. The van der Waals surface area contributed by atoms with Crippen LogP contribution in [0.5, 0.6) is 0 Å². The lowest BCUT2D eigenvalue weighted by atomic mass is 10.2. The van der Waals surface area contributed by atoms with Crippen molar-refractivity contribution in [2.45, 2.75) is 20.3 Å². The fraction of sp³-hybridized carbons (Fsp3) is 0.462. The number of aliphatic hydroxyl groups excluding tert-OH is 1. The largest absolute Gasteiger partial charge is 0.384 e. The van der Waals surface area contributed by atoms with Gasteiger partial charge in [0.25, 0.3) is 0 Å². The average molecular weight is 282 g/mol. The van der Waals surface area contributed by atoms with Crippen LogP contribution >= 0.6 is 0 Å². The van der Waals surface area contributed by atoms with Crippen molar-refractivity contribution in [1.82, 2.24) is 4.98 Å². The minimum Gasteiger partial charge on any atom is -0.384 e. The smallest absolute Gasteiger partial charge is 0.233 e. The summed E-state index contributed by atoms with van der Waals surface area (Å²) in [6.45, 7) is 3.70. The number of aromatic nitrogens is 1. The summed E-state index contributed by atoms with van der Waals surface area (Å²) < 4.78 is 26.0. The monoisotopic (exact) mass is 282 g/mol. The van der Waals surface area contributed by atoms with E-state index in [1.54, 1.807) is 6.07 Å². The van der Waals surface area contributed by atoms with Gasteiger partial charge in [0.1, 0.15) is 12.4 Å². The van der Waals surface area contributed by atoms with Crippen LogP contribution in [0.3, 0.4) is 0 Å². The van der Waals surface area contributed by atoms with Crippen LogP contribution in [-0.4, -0.2) is 30.9 Å². The molecule has 1 heterocycles. The van der Waals surface area contributed by atoms with Gasteiger partial charge in [-0.3, -0.25) is 4.72 Å². The molecule has 0 fully saturated rings. The van der Waals surface area contributed by atoms with Gasteiger partial charge in [0, 0.05) is 11.8 Å². The molecule has 1 aromatic heterocycles.